The lowest BCUT2D eigenvalue weighted by atomic mass is 9.99. The van der Waals surface area contributed by atoms with E-state index >= 15 is 0 Å². The van der Waals surface area contributed by atoms with Crippen molar-refractivity contribution in [2.45, 2.75) is 39.3 Å². The van der Waals surface area contributed by atoms with Crippen molar-refractivity contribution in [2.75, 3.05) is 0 Å². The van der Waals surface area contributed by atoms with Gasteiger partial charge in [-0.1, -0.05) is 18.2 Å². The lowest BCUT2D eigenvalue weighted by Gasteiger charge is -2.22. The highest BCUT2D eigenvalue weighted by atomic mass is 16.6. The first kappa shape index (κ1) is 17.5. The number of carbonyl (C=O) groups is 2. The van der Waals surface area contributed by atoms with Crippen molar-refractivity contribution in [2.24, 2.45) is 0 Å². The van der Waals surface area contributed by atoms with Gasteiger partial charge in [0.15, 0.2) is 0 Å². The van der Waals surface area contributed by atoms with Crippen molar-refractivity contribution in [3.63, 3.8) is 0 Å². The lowest BCUT2D eigenvalue weighted by molar-refractivity contribution is 0.0504. The van der Waals surface area contributed by atoms with Gasteiger partial charge in [0.05, 0.1) is 17.2 Å². The molecule has 1 unspecified atom stereocenters. The molecule has 1 amide bonds. The van der Waals surface area contributed by atoms with E-state index in [-0.39, 0.29) is 11.1 Å². The second-order valence-electron chi connectivity index (χ2n) is 6.46. The smallest absolute Gasteiger partial charge is 0.408 e. The first-order valence-electron chi connectivity index (χ1n) is 7.48. The van der Waals surface area contributed by atoms with Crippen LogP contribution >= 0.6 is 0 Å². The lowest BCUT2D eigenvalue weighted by Crippen LogP contribution is -2.36. The number of aromatic nitrogens is 1. The van der Waals surface area contributed by atoms with Gasteiger partial charge in [0.25, 0.3) is 5.56 Å². The number of para-hydroxylation sites is 1. The zero-order valence-corrected chi connectivity index (χ0v) is 14.0. The molecule has 1 aromatic heterocycles. The first-order chi connectivity index (χ1) is 11.1. The monoisotopic (exact) mass is 332 g/mol. The van der Waals surface area contributed by atoms with Gasteiger partial charge in [0.1, 0.15) is 5.60 Å². The van der Waals surface area contributed by atoms with Gasteiger partial charge in [-0.3, -0.25) is 4.79 Å². The highest BCUT2D eigenvalue weighted by molar-refractivity contribution is 6.03. The Morgan fingerprint density at radius 1 is 1.25 bits per heavy atom. The van der Waals surface area contributed by atoms with E-state index < -0.39 is 29.3 Å². The number of hydrogen-bond donors (Lipinski definition) is 3. The standard InChI is InChI=1S/C17H20N2O5/c1-9(18-16(23)24-17(2,3)4)12-13(15(21)22)10-7-5-6-8-11(10)19-14(12)20/h5-9H,1-4H3,(H,18,23)(H,19,20)(H,21,22). The number of amides is 1. The van der Waals surface area contributed by atoms with Gasteiger partial charge in [-0.25, -0.2) is 9.59 Å². The summed E-state index contributed by atoms with van der Waals surface area (Å²) in [7, 11) is 0. The van der Waals surface area contributed by atoms with E-state index in [1.54, 1.807) is 45.0 Å². The Morgan fingerprint density at radius 2 is 1.88 bits per heavy atom. The van der Waals surface area contributed by atoms with Gasteiger partial charge in [-0.15, -0.1) is 0 Å². The number of rotatable bonds is 3. The normalized spacial score (nSPS) is 12.7. The van der Waals surface area contributed by atoms with Crippen molar-refractivity contribution < 1.29 is 19.4 Å². The van der Waals surface area contributed by atoms with Crippen molar-refractivity contribution >= 4 is 23.0 Å². The Kier molecular flexibility index (Phi) is 4.64. The second kappa shape index (κ2) is 6.35. The minimum Gasteiger partial charge on any atom is -0.478 e. The molecule has 7 heteroatoms. The van der Waals surface area contributed by atoms with Gasteiger partial charge in [0.2, 0.25) is 0 Å². The van der Waals surface area contributed by atoms with E-state index in [2.05, 4.69) is 10.3 Å². The summed E-state index contributed by atoms with van der Waals surface area (Å²) in [6.07, 6.45) is -0.723. The summed E-state index contributed by atoms with van der Waals surface area (Å²) in [6.45, 7) is 6.67. The number of pyridine rings is 1. The average molecular weight is 332 g/mol. The van der Waals surface area contributed by atoms with E-state index in [1.807, 2.05) is 0 Å². The van der Waals surface area contributed by atoms with Gasteiger partial charge in [-0.05, 0) is 33.8 Å². The molecule has 1 aromatic carbocycles. The number of H-pyrrole nitrogens is 1. The van der Waals surface area contributed by atoms with Gasteiger partial charge >= 0.3 is 12.1 Å². The van der Waals surface area contributed by atoms with Crippen LogP contribution in [0.3, 0.4) is 0 Å². The van der Waals surface area contributed by atoms with E-state index in [1.165, 1.54) is 6.92 Å². The highest BCUT2D eigenvalue weighted by Crippen LogP contribution is 2.22. The summed E-state index contributed by atoms with van der Waals surface area (Å²) in [5.41, 5.74) is -0.984. The van der Waals surface area contributed by atoms with Crippen LogP contribution in [0.25, 0.3) is 10.9 Å². The molecule has 1 heterocycles. The Bertz CT molecular complexity index is 848. The molecular weight excluding hydrogens is 312 g/mol. The van der Waals surface area contributed by atoms with Crippen molar-refractivity contribution in [3.05, 3.63) is 45.7 Å². The number of aromatic carboxylic acids is 1. The third kappa shape index (κ3) is 3.73. The number of hydrogen-bond acceptors (Lipinski definition) is 4. The molecule has 2 rings (SSSR count). The Hall–Kier alpha value is -2.83. The molecule has 0 saturated heterocycles. The largest absolute Gasteiger partial charge is 0.478 e. The van der Waals surface area contributed by atoms with Crippen molar-refractivity contribution in [3.8, 4) is 0 Å². The minimum absolute atomic E-state index is 0.0212. The van der Waals surface area contributed by atoms with Crippen LogP contribution in [-0.2, 0) is 4.74 Å². The summed E-state index contributed by atoms with van der Waals surface area (Å²) < 4.78 is 5.15. The predicted molar refractivity (Wildman–Crippen MR) is 89.3 cm³/mol. The fraction of sp³-hybridized carbons (Fsp3) is 0.353. The maximum atomic E-state index is 12.4. The number of alkyl carbamates (subject to hydrolysis) is 1. The van der Waals surface area contributed by atoms with Crippen LogP contribution in [0.4, 0.5) is 4.79 Å². The molecule has 0 radical (unpaired) electrons. The molecule has 128 valence electrons. The molecule has 0 aliphatic rings. The zero-order valence-electron chi connectivity index (χ0n) is 14.0. The van der Waals surface area contributed by atoms with Crippen LogP contribution in [0.5, 0.6) is 0 Å². The Morgan fingerprint density at radius 3 is 2.46 bits per heavy atom. The van der Waals surface area contributed by atoms with Crippen LogP contribution in [0.15, 0.2) is 29.1 Å². The molecule has 1 atom stereocenters. The minimum atomic E-state index is -1.23. The fourth-order valence-corrected chi connectivity index (χ4v) is 2.46. The molecule has 0 aliphatic heterocycles. The number of fused-ring (bicyclic) bond motifs is 1. The van der Waals surface area contributed by atoms with E-state index in [9.17, 15) is 19.5 Å². The van der Waals surface area contributed by atoms with Gasteiger partial charge in [-0.2, -0.15) is 0 Å². The zero-order chi connectivity index (χ0) is 18.1. The molecule has 3 N–H and O–H groups in total. The second-order valence-corrected chi connectivity index (χ2v) is 6.46. The number of carboxylic acid groups (broad SMARTS) is 1. The molecule has 0 aliphatic carbocycles. The number of ether oxygens (including phenoxy) is 1. The number of carbonyl (C=O) groups excluding carboxylic acids is 1. The summed E-state index contributed by atoms with van der Waals surface area (Å²) >= 11 is 0. The maximum Gasteiger partial charge on any atom is 0.408 e. The molecule has 2 aromatic rings. The molecular formula is C17H20N2O5. The Balaban J connectivity index is 2.49. The number of aromatic amines is 1. The Labute approximate surface area is 138 Å². The topological polar surface area (TPSA) is 108 Å². The molecule has 0 saturated carbocycles. The fourth-order valence-electron chi connectivity index (χ4n) is 2.46. The van der Waals surface area contributed by atoms with Crippen LogP contribution in [0.1, 0.15) is 49.7 Å². The summed E-state index contributed by atoms with van der Waals surface area (Å²) in [5.74, 6) is -1.23. The summed E-state index contributed by atoms with van der Waals surface area (Å²) in [4.78, 5) is 38.6. The van der Waals surface area contributed by atoms with Crippen molar-refractivity contribution in [1.82, 2.24) is 10.3 Å². The maximum absolute atomic E-state index is 12.4. The van der Waals surface area contributed by atoms with Crippen LogP contribution in [-0.4, -0.2) is 27.8 Å². The molecule has 0 fully saturated rings. The van der Waals surface area contributed by atoms with Crippen LogP contribution in [0, 0.1) is 0 Å². The molecule has 0 bridgehead atoms. The number of benzene rings is 1. The van der Waals surface area contributed by atoms with E-state index in [4.69, 9.17) is 4.74 Å². The average Bonchev–Trinajstić information content (AvgIpc) is 2.43. The first-order valence-corrected chi connectivity index (χ1v) is 7.48. The SMILES string of the molecule is CC(NC(=O)OC(C)(C)C)c1c(C(=O)O)c2ccccc2[nH]c1=O. The number of carboxylic acids is 1. The van der Waals surface area contributed by atoms with Gasteiger partial charge in [0, 0.05) is 10.9 Å². The summed E-state index contributed by atoms with van der Waals surface area (Å²) in [6, 6.07) is 5.78. The molecule has 7 nitrogen and oxygen atoms in total. The quantitative estimate of drug-likeness (QED) is 0.801. The van der Waals surface area contributed by atoms with E-state index in [0.29, 0.717) is 10.9 Å². The third-order valence-corrected chi connectivity index (χ3v) is 3.34. The number of nitrogens with one attached hydrogen (secondary N) is 2. The molecule has 24 heavy (non-hydrogen) atoms. The van der Waals surface area contributed by atoms with Crippen LogP contribution in [0.2, 0.25) is 0 Å². The molecule has 0 spiro atoms. The summed E-state index contributed by atoms with van der Waals surface area (Å²) in [5, 5.41) is 12.5. The van der Waals surface area contributed by atoms with Crippen LogP contribution < -0.4 is 10.9 Å². The predicted octanol–water partition coefficient (Wildman–Crippen LogP) is 2.81. The van der Waals surface area contributed by atoms with Gasteiger partial charge < -0.3 is 20.1 Å². The van der Waals surface area contributed by atoms with E-state index in [0.717, 1.165) is 0 Å². The highest BCUT2D eigenvalue weighted by Gasteiger charge is 2.25. The van der Waals surface area contributed by atoms with Crippen molar-refractivity contribution in [1.29, 1.82) is 0 Å². The third-order valence-electron chi connectivity index (χ3n) is 3.34.